The van der Waals surface area contributed by atoms with Gasteiger partial charge < -0.3 is 15.9 Å². The summed E-state index contributed by atoms with van der Waals surface area (Å²) < 4.78 is 6.94. The van der Waals surface area contributed by atoms with Crippen molar-refractivity contribution < 1.29 is 9.53 Å². The molecule has 0 saturated carbocycles. The molecule has 1 aromatic heterocycles. The lowest BCUT2D eigenvalue weighted by atomic mass is 10.2. The summed E-state index contributed by atoms with van der Waals surface area (Å²) in [7, 11) is 0. The second-order valence-corrected chi connectivity index (χ2v) is 6.35. The van der Waals surface area contributed by atoms with Gasteiger partial charge in [0.05, 0.1) is 23.7 Å². The van der Waals surface area contributed by atoms with E-state index in [1.54, 1.807) is 6.20 Å². The smallest absolute Gasteiger partial charge is 0.230 e. The molecule has 1 amide bonds. The van der Waals surface area contributed by atoms with Gasteiger partial charge >= 0.3 is 0 Å². The topological polar surface area (TPSA) is 82.2 Å². The Hall–Kier alpha value is -1.99. The molecule has 1 fully saturated rings. The highest BCUT2D eigenvalue weighted by Gasteiger charge is 2.16. The molecule has 122 valence electrons. The summed E-state index contributed by atoms with van der Waals surface area (Å²) in [6.45, 7) is 1.37. The largest absolute Gasteiger partial charge is 0.376 e. The molecule has 23 heavy (non-hydrogen) atoms. The van der Waals surface area contributed by atoms with E-state index in [1.807, 2.05) is 30.3 Å². The van der Waals surface area contributed by atoms with Crippen LogP contribution in [0.15, 0.2) is 41.7 Å². The van der Waals surface area contributed by atoms with Crippen molar-refractivity contribution >= 4 is 17.7 Å². The van der Waals surface area contributed by atoms with Crippen molar-refractivity contribution in [1.82, 2.24) is 15.0 Å². The number of nitrogens with one attached hydrogen (secondary N) is 1. The fourth-order valence-corrected chi connectivity index (χ4v) is 3.17. The number of carbonyl (C=O) groups is 1. The molecule has 2 aromatic rings. The van der Waals surface area contributed by atoms with Gasteiger partial charge in [-0.1, -0.05) is 42.1 Å². The van der Waals surface area contributed by atoms with Crippen LogP contribution < -0.4 is 11.2 Å². The van der Waals surface area contributed by atoms with Gasteiger partial charge in [0.25, 0.3) is 0 Å². The quantitative estimate of drug-likeness (QED) is 0.621. The number of amides is 1. The number of nitrogens with zero attached hydrogens (tertiary/aromatic N) is 2. The fourth-order valence-electron chi connectivity index (χ4n) is 2.45. The summed E-state index contributed by atoms with van der Waals surface area (Å²) in [5.41, 5.74) is 1.80. The Morgan fingerprint density at radius 2 is 2.26 bits per heavy atom. The zero-order valence-electron chi connectivity index (χ0n) is 12.8. The number of ether oxygens (including phenoxy) is 1. The lowest BCUT2D eigenvalue weighted by Gasteiger charge is -2.10. The summed E-state index contributed by atoms with van der Waals surface area (Å²) >= 11 is 1.33. The normalized spacial score (nSPS) is 17.3. The van der Waals surface area contributed by atoms with Gasteiger partial charge in [-0.3, -0.25) is 4.79 Å². The minimum Gasteiger partial charge on any atom is -0.376 e. The van der Waals surface area contributed by atoms with Crippen molar-refractivity contribution in [3.63, 3.8) is 0 Å². The number of nitrogen functional groups attached to an aromatic ring is 1. The molecule has 1 aromatic carbocycles. The van der Waals surface area contributed by atoms with Gasteiger partial charge in [-0.25, -0.2) is 9.66 Å². The van der Waals surface area contributed by atoms with E-state index in [2.05, 4.69) is 10.3 Å². The van der Waals surface area contributed by atoms with Crippen molar-refractivity contribution in [1.29, 1.82) is 0 Å². The van der Waals surface area contributed by atoms with Crippen LogP contribution >= 0.6 is 11.8 Å². The van der Waals surface area contributed by atoms with E-state index in [0.717, 1.165) is 30.7 Å². The molecule has 7 heteroatoms. The van der Waals surface area contributed by atoms with Crippen LogP contribution in [0.3, 0.4) is 0 Å². The lowest BCUT2D eigenvalue weighted by molar-refractivity contribution is -0.119. The third-order valence-corrected chi connectivity index (χ3v) is 4.62. The van der Waals surface area contributed by atoms with Crippen LogP contribution in [0, 0.1) is 0 Å². The number of aromatic nitrogens is 2. The van der Waals surface area contributed by atoms with Gasteiger partial charge in [0.15, 0.2) is 5.16 Å². The lowest BCUT2D eigenvalue weighted by Crippen LogP contribution is -2.33. The van der Waals surface area contributed by atoms with Crippen molar-refractivity contribution in [3.05, 3.63) is 36.5 Å². The first kappa shape index (κ1) is 15.9. The molecule has 0 unspecified atom stereocenters. The highest BCUT2D eigenvalue weighted by atomic mass is 32.2. The average molecular weight is 332 g/mol. The van der Waals surface area contributed by atoms with Crippen LogP contribution in [0.25, 0.3) is 11.3 Å². The molecule has 0 radical (unpaired) electrons. The molecular weight excluding hydrogens is 312 g/mol. The van der Waals surface area contributed by atoms with E-state index in [-0.39, 0.29) is 17.8 Å². The van der Waals surface area contributed by atoms with E-state index in [4.69, 9.17) is 10.6 Å². The molecule has 1 saturated heterocycles. The molecule has 1 aliphatic rings. The predicted molar refractivity (Wildman–Crippen MR) is 90.5 cm³/mol. The number of benzene rings is 1. The second-order valence-electron chi connectivity index (χ2n) is 5.41. The Balaban J connectivity index is 1.52. The molecule has 0 spiro atoms. The number of nitrogens with two attached hydrogens (primary N) is 1. The zero-order chi connectivity index (χ0) is 16.1. The number of rotatable bonds is 6. The average Bonchev–Trinajstić information content (AvgIpc) is 3.21. The molecule has 6 nitrogen and oxygen atoms in total. The number of hydrogen-bond acceptors (Lipinski definition) is 5. The monoisotopic (exact) mass is 332 g/mol. The van der Waals surface area contributed by atoms with Gasteiger partial charge in [-0.05, 0) is 12.8 Å². The van der Waals surface area contributed by atoms with Crippen molar-refractivity contribution in [2.45, 2.75) is 24.1 Å². The molecular formula is C16H20N4O2S. The second kappa shape index (κ2) is 7.52. The summed E-state index contributed by atoms with van der Waals surface area (Å²) in [5, 5.41) is 3.51. The van der Waals surface area contributed by atoms with Gasteiger partial charge in [-0.2, -0.15) is 0 Å². The maximum Gasteiger partial charge on any atom is 0.230 e. The van der Waals surface area contributed by atoms with E-state index < -0.39 is 0 Å². The van der Waals surface area contributed by atoms with Crippen LogP contribution in [0.2, 0.25) is 0 Å². The summed E-state index contributed by atoms with van der Waals surface area (Å²) in [6, 6.07) is 9.82. The van der Waals surface area contributed by atoms with Crippen molar-refractivity contribution in [2.75, 3.05) is 24.7 Å². The maximum atomic E-state index is 11.9. The zero-order valence-corrected chi connectivity index (χ0v) is 13.6. The number of hydrogen-bond donors (Lipinski definition) is 2. The number of carbonyl (C=O) groups excluding carboxylic acids is 1. The number of imidazole rings is 1. The van der Waals surface area contributed by atoms with Crippen LogP contribution in [0.5, 0.6) is 0 Å². The van der Waals surface area contributed by atoms with Crippen LogP contribution in [0.1, 0.15) is 12.8 Å². The Labute approximate surface area is 139 Å². The van der Waals surface area contributed by atoms with E-state index in [9.17, 15) is 4.79 Å². The van der Waals surface area contributed by atoms with Crippen molar-refractivity contribution in [3.8, 4) is 11.3 Å². The Morgan fingerprint density at radius 1 is 1.43 bits per heavy atom. The molecule has 1 atom stereocenters. The van der Waals surface area contributed by atoms with Crippen LogP contribution in [-0.4, -0.2) is 40.6 Å². The van der Waals surface area contributed by atoms with Crippen LogP contribution in [0.4, 0.5) is 0 Å². The molecule has 3 N–H and O–H groups in total. The SMILES string of the molecule is Nn1cc(-c2ccccc2)nc1SCC(=O)NC[C@@H]1CCCO1. The standard InChI is InChI=1S/C16H20N4O2S/c17-20-10-14(12-5-2-1-3-6-12)19-16(20)23-11-15(21)18-9-13-7-4-8-22-13/h1-3,5-6,10,13H,4,7-9,11,17H2,(H,18,21)/t13-/m0/s1. The third kappa shape index (κ3) is 4.27. The molecule has 0 aliphatic carbocycles. The fraction of sp³-hybridized carbons (Fsp3) is 0.375. The summed E-state index contributed by atoms with van der Waals surface area (Å²) in [4.78, 5) is 16.4. The highest BCUT2D eigenvalue weighted by molar-refractivity contribution is 7.99. The van der Waals surface area contributed by atoms with E-state index in [0.29, 0.717) is 11.7 Å². The summed E-state index contributed by atoms with van der Waals surface area (Å²) in [6.07, 6.45) is 4.01. The Bertz CT molecular complexity index is 653. The van der Waals surface area contributed by atoms with E-state index in [1.165, 1.54) is 16.4 Å². The Kier molecular flexibility index (Phi) is 5.19. The van der Waals surface area contributed by atoms with E-state index >= 15 is 0 Å². The minimum atomic E-state index is -0.0326. The molecule has 1 aliphatic heterocycles. The first-order valence-electron chi connectivity index (χ1n) is 7.63. The predicted octanol–water partition coefficient (Wildman–Crippen LogP) is 1.65. The van der Waals surface area contributed by atoms with Crippen LogP contribution in [-0.2, 0) is 9.53 Å². The molecule has 3 rings (SSSR count). The highest BCUT2D eigenvalue weighted by Crippen LogP contribution is 2.22. The Morgan fingerprint density at radius 3 is 3.00 bits per heavy atom. The first-order valence-corrected chi connectivity index (χ1v) is 8.62. The third-order valence-electron chi connectivity index (χ3n) is 3.65. The van der Waals surface area contributed by atoms with Gasteiger partial charge in [0.2, 0.25) is 5.91 Å². The van der Waals surface area contributed by atoms with Gasteiger partial charge in [0, 0.05) is 18.7 Å². The molecule has 2 heterocycles. The molecule has 0 bridgehead atoms. The maximum absolute atomic E-state index is 11.9. The van der Waals surface area contributed by atoms with Gasteiger partial charge in [0.1, 0.15) is 0 Å². The van der Waals surface area contributed by atoms with Crippen molar-refractivity contribution in [2.24, 2.45) is 0 Å². The minimum absolute atomic E-state index is 0.0326. The summed E-state index contributed by atoms with van der Waals surface area (Å²) in [5.74, 6) is 6.17. The first-order chi connectivity index (χ1) is 11.2. The van der Waals surface area contributed by atoms with Gasteiger partial charge in [-0.15, -0.1) is 0 Å². The number of thioether (sulfide) groups is 1.